The highest BCUT2D eigenvalue weighted by Gasteiger charge is 2.30. The Morgan fingerprint density at radius 1 is 1.31 bits per heavy atom. The average molecular weight is 222 g/mol. The van der Waals surface area contributed by atoms with E-state index in [0.29, 0.717) is 13.0 Å². The Hall–Kier alpha value is -1.47. The van der Waals surface area contributed by atoms with E-state index in [9.17, 15) is 8.78 Å². The van der Waals surface area contributed by atoms with Gasteiger partial charge in [0.2, 0.25) is 0 Å². The molecule has 1 aliphatic heterocycles. The van der Waals surface area contributed by atoms with Crippen LogP contribution in [0.15, 0.2) is 18.2 Å². The van der Waals surface area contributed by atoms with Gasteiger partial charge in [-0.15, -0.1) is 0 Å². The van der Waals surface area contributed by atoms with Gasteiger partial charge >= 0.3 is 0 Å². The van der Waals surface area contributed by atoms with E-state index >= 15 is 0 Å². The van der Waals surface area contributed by atoms with E-state index in [4.69, 9.17) is 5.26 Å². The molecule has 0 spiro atoms. The van der Waals surface area contributed by atoms with E-state index in [2.05, 4.69) is 11.4 Å². The zero-order valence-electron chi connectivity index (χ0n) is 8.71. The minimum absolute atomic E-state index is 0.0428. The van der Waals surface area contributed by atoms with Crippen molar-refractivity contribution in [2.45, 2.75) is 12.3 Å². The first-order valence-corrected chi connectivity index (χ1v) is 5.28. The fourth-order valence-corrected chi connectivity index (χ4v) is 2.18. The number of nitrogens with zero attached hydrogens (tertiary/aromatic N) is 1. The van der Waals surface area contributed by atoms with Gasteiger partial charge in [-0.3, -0.25) is 0 Å². The molecule has 2 nitrogen and oxygen atoms in total. The number of halogens is 2. The highest BCUT2D eigenvalue weighted by atomic mass is 19.1. The van der Waals surface area contributed by atoms with Crippen LogP contribution in [0.2, 0.25) is 0 Å². The number of hydrogen-bond acceptors (Lipinski definition) is 2. The van der Waals surface area contributed by atoms with Gasteiger partial charge in [0, 0.05) is 18.0 Å². The molecule has 1 aliphatic rings. The summed E-state index contributed by atoms with van der Waals surface area (Å²) in [7, 11) is 0. The molecule has 1 N–H and O–H groups in total. The number of nitriles is 1. The first-order chi connectivity index (χ1) is 7.74. The van der Waals surface area contributed by atoms with Crippen LogP contribution in [-0.2, 0) is 0 Å². The van der Waals surface area contributed by atoms with Gasteiger partial charge in [0.15, 0.2) is 0 Å². The van der Waals surface area contributed by atoms with E-state index in [-0.39, 0.29) is 17.4 Å². The minimum atomic E-state index is -0.561. The normalized spacial score (nSPS) is 25.1. The van der Waals surface area contributed by atoms with Crippen molar-refractivity contribution in [2.24, 2.45) is 5.92 Å². The molecule has 0 amide bonds. The number of nitrogens with one attached hydrogen (secondary N) is 1. The highest BCUT2D eigenvalue weighted by molar-refractivity contribution is 5.27. The zero-order valence-corrected chi connectivity index (χ0v) is 8.71. The highest BCUT2D eigenvalue weighted by Crippen LogP contribution is 2.32. The van der Waals surface area contributed by atoms with Crippen molar-refractivity contribution >= 4 is 0 Å². The SMILES string of the molecule is N#CC1CCNCC1c1c(F)cccc1F. The lowest BCUT2D eigenvalue weighted by atomic mass is 9.82. The lowest BCUT2D eigenvalue weighted by Crippen LogP contribution is -2.35. The van der Waals surface area contributed by atoms with Gasteiger partial charge in [-0.1, -0.05) is 6.07 Å². The molecule has 84 valence electrons. The second-order valence-electron chi connectivity index (χ2n) is 3.97. The van der Waals surface area contributed by atoms with Gasteiger partial charge in [-0.2, -0.15) is 5.26 Å². The Morgan fingerprint density at radius 2 is 2.00 bits per heavy atom. The average Bonchev–Trinajstić information content (AvgIpc) is 2.29. The van der Waals surface area contributed by atoms with Crippen LogP contribution in [0.5, 0.6) is 0 Å². The van der Waals surface area contributed by atoms with Gasteiger partial charge in [0.25, 0.3) is 0 Å². The summed E-state index contributed by atoms with van der Waals surface area (Å²) < 4.78 is 27.1. The molecule has 1 aromatic carbocycles. The molecule has 2 unspecified atom stereocenters. The zero-order chi connectivity index (χ0) is 11.5. The van der Waals surface area contributed by atoms with Gasteiger partial charge in [0.05, 0.1) is 12.0 Å². The Labute approximate surface area is 92.9 Å². The molecule has 0 radical (unpaired) electrons. The van der Waals surface area contributed by atoms with Gasteiger partial charge in [0.1, 0.15) is 11.6 Å². The Morgan fingerprint density at radius 3 is 2.62 bits per heavy atom. The second-order valence-corrected chi connectivity index (χ2v) is 3.97. The Balaban J connectivity index is 2.39. The van der Waals surface area contributed by atoms with Crippen molar-refractivity contribution in [1.82, 2.24) is 5.32 Å². The minimum Gasteiger partial charge on any atom is -0.316 e. The van der Waals surface area contributed by atoms with Crippen molar-refractivity contribution < 1.29 is 8.78 Å². The molecule has 0 bridgehead atoms. The van der Waals surface area contributed by atoms with Crippen molar-refractivity contribution in [3.05, 3.63) is 35.4 Å². The Kier molecular flexibility index (Phi) is 3.16. The van der Waals surface area contributed by atoms with Crippen molar-refractivity contribution in [3.8, 4) is 6.07 Å². The van der Waals surface area contributed by atoms with Crippen LogP contribution < -0.4 is 5.32 Å². The third kappa shape index (κ3) is 1.91. The fourth-order valence-electron chi connectivity index (χ4n) is 2.18. The molecule has 16 heavy (non-hydrogen) atoms. The van der Waals surface area contributed by atoms with Crippen LogP contribution in [0.1, 0.15) is 17.9 Å². The summed E-state index contributed by atoms with van der Waals surface area (Å²) in [6.45, 7) is 1.18. The molecule has 0 aliphatic carbocycles. The number of piperidine rings is 1. The summed E-state index contributed by atoms with van der Waals surface area (Å²) in [6, 6.07) is 5.95. The van der Waals surface area contributed by atoms with E-state index in [1.807, 2.05) is 0 Å². The molecule has 2 atom stereocenters. The second kappa shape index (κ2) is 4.58. The molecule has 1 fully saturated rings. The molecule has 0 aromatic heterocycles. The van der Waals surface area contributed by atoms with E-state index in [0.717, 1.165) is 6.54 Å². The predicted octanol–water partition coefficient (Wildman–Crippen LogP) is 2.18. The third-order valence-electron chi connectivity index (χ3n) is 3.02. The molecule has 2 rings (SSSR count). The van der Waals surface area contributed by atoms with Gasteiger partial charge in [-0.05, 0) is 25.1 Å². The monoisotopic (exact) mass is 222 g/mol. The summed E-state index contributed by atoms with van der Waals surface area (Å²) >= 11 is 0. The van der Waals surface area contributed by atoms with Crippen molar-refractivity contribution in [3.63, 3.8) is 0 Å². The van der Waals surface area contributed by atoms with Crippen molar-refractivity contribution in [2.75, 3.05) is 13.1 Å². The van der Waals surface area contributed by atoms with Crippen molar-refractivity contribution in [1.29, 1.82) is 5.26 Å². The summed E-state index contributed by atoms with van der Waals surface area (Å²) in [6.07, 6.45) is 0.634. The third-order valence-corrected chi connectivity index (χ3v) is 3.02. The predicted molar refractivity (Wildman–Crippen MR) is 55.7 cm³/mol. The number of hydrogen-bond donors (Lipinski definition) is 1. The molecular weight excluding hydrogens is 210 g/mol. The van der Waals surface area contributed by atoms with Gasteiger partial charge < -0.3 is 5.32 Å². The van der Waals surface area contributed by atoms with Crippen LogP contribution >= 0.6 is 0 Å². The summed E-state index contributed by atoms with van der Waals surface area (Å²) in [5, 5.41) is 12.0. The maximum absolute atomic E-state index is 13.6. The Bertz CT molecular complexity index is 405. The smallest absolute Gasteiger partial charge is 0.129 e. The topological polar surface area (TPSA) is 35.8 Å². The first kappa shape index (κ1) is 11.0. The van der Waals surface area contributed by atoms with E-state index in [1.165, 1.54) is 18.2 Å². The molecule has 0 saturated carbocycles. The number of benzene rings is 1. The first-order valence-electron chi connectivity index (χ1n) is 5.28. The lowest BCUT2D eigenvalue weighted by Gasteiger charge is -2.28. The maximum atomic E-state index is 13.6. The quantitative estimate of drug-likeness (QED) is 0.790. The van der Waals surface area contributed by atoms with Gasteiger partial charge in [-0.25, -0.2) is 8.78 Å². The molecule has 1 heterocycles. The molecule has 1 aromatic rings. The van der Waals surface area contributed by atoms with Crippen LogP contribution in [0.25, 0.3) is 0 Å². The maximum Gasteiger partial charge on any atom is 0.129 e. The van der Waals surface area contributed by atoms with E-state index in [1.54, 1.807) is 0 Å². The number of rotatable bonds is 1. The van der Waals surface area contributed by atoms with Crippen LogP contribution in [0.3, 0.4) is 0 Å². The summed E-state index contributed by atoms with van der Waals surface area (Å²) in [4.78, 5) is 0. The lowest BCUT2D eigenvalue weighted by molar-refractivity contribution is 0.366. The molecular formula is C12H12F2N2. The van der Waals surface area contributed by atoms with Crippen LogP contribution in [0, 0.1) is 28.9 Å². The molecule has 4 heteroatoms. The van der Waals surface area contributed by atoms with E-state index < -0.39 is 11.6 Å². The standard InChI is InChI=1S/C12H12F2N2/c13-10-2-1-3-11(14)12(10)9-7-16-5-4-8(9)6-15/h1-3,8-9,16H,4-5,7H2. The largest absolute Gasteiger partial charge is 0.316 e. The summed E-state index contributed by atoms with van der Waals surface area (Å²) in [5.41, 5.74) is 0.0428. The molecule has 1 saturated heterocycles. The van der Waals surface area contributed by atoms with Crippen LogP contribution in [-0.4, -0.2) is 13.1 Å². The fraction of sp³-hybridized carbons (Fsp3) is 0.417. The van der Waals surface area contributed by atoms with Crippen LogP contribution in [0.4, 0.5) is 8.78 Å². The summed E-state index contributed by atoms with van der Waals surface area (Å²) in [5.74, 6) is -1.82.